The number of thiophene rings is 1. The second-order valence-corrected chi connectivity index (χ2v) is 8.56. The Morgan fingerprint density at radius 2 is 2.10 bits per heavy atom. The number of rotatable bonds is 6. The van der Waals surface area contributed by atoms with Gasteiger partial charge in [0.15, 0.2) is 0 Å². The number of benzene rings is 1. The minimum Gasteiger partial charge on any atom is -0.494 e. The van der Waals surface area contributed by atoms with Crippen LogP contribution in [0.25, 0.3) is 0 Å². The molecule has 30 heavy (non-hydrogen) atoms. The standard InChI is InChI=1S/C22H25N3O4S/c1-29-19-13-15(8-9-17(19)24-11-3-7-20(24)26)23-22(28)18-6-2-10-25(18)21(27)14-16-5-4-12-30-16/h4-5,8-9,12-13,18H,2-3,6-7,10-11,14H2,1H3,(H,23,28). The predicted molar refractivity (Wildman–Crippen MR) is 116 cm³/mol. The molecule has 158 valence electrons. The fourth-order valence-electron chi connectivity index (χ4n) is 4.11. The average molecular weight is 428 g/mol. The normalized spacial score (nSPS) is 18.7. The first-order valence-electron chi connectivity index (χ1n) is 10.2. The van der Waals surface area contributed by atoms with Crippen molar-refractivity contribution in [2.24, 2.45) is 0 Å². The van der Waals surface area contributed by atoms with Gasteiger partial charge in [0.2, 0.25) is 17.7 Å². The van der Waals surface area contributed by atoms with Gasteiger partial charge in [-0.3, -0.25) is 14.4 Å². The van der Waals surface area contributed by atoms with Crippen molar-refractivity contribution in [3.05, 3.63) is 40.6 Å². The second kappa shape index (κ2) is 8.87. The lowest BCUT2D eigenvalue weighted by molar-refractivity contribution is -0.136. The smallest absolute Gasteiger partial charge is 0.247 e. The summed E-state index contributed by atoms with van der Waals surface area (Å²) in [5, 5.41) is 4.87. The first-order valence-corrected chi connectivity index (χ1v) is 11.1. The summed E-state index contributed by atoms with van der Waals surface area (Å²) >= 11 is 1.55. The van der Waals surface area contributed by atoms with Crippen molar-refractivity contribution in [1.82, 2.24) is 4.90 Å². The second-order valence-electron chi connectivity index (χ2n) is 7.53. The average Bonchev–Trinajstić information content (AvgIpc) is 3.49. The maximum absolute atomic E-state index is 12.9. The Labute approximate surface area is 179 Å². The van der Waals surface area contributed by atoms with E-state index < -0.39 is 6.04 Å². The van der Waals surface area contributed by atoms with Crippen LogP contribution < -0.4 is 15.0 Å². The van der Waals surface area contributed by atoms with Crippen LogP contribution in [0.15, 0.2) is 35.7 Å². The molecule has 1 atom stereocenters. The van der Waals surface area contributed by atoms with Crippen LogP contribution in [0.4, 0.5) is 11.4 Å². The molecular weight excluding hydrogens is 402 g/mol. The van der Waals surface area contributed by atoms with Crippen molar-refractivity contribution in [2.75, 3.05) is 30.4 Å². The van der Waals surface area contributed by atoms with Crippen molar-refractivity contribution in [3.8, 4) is 5.75 Å². The van der Waals surface area contributed by atoms with Crippen LogP contribution in [-0.2, 0) is 20.8 Å². The van der Waals surface area contributed by atoms with E-state index in [2.05, 4.69) is 5.32 Å². The van der Waals surface area contributed by atoms with Gasteiger partial charge >= 0.3 is 0 Å². The predicted octanol–water partition coefficient (Wildman–Crippen LogP) is 3.06. The third-order valence-electron chi connectivity index (χ3n) is 5.59. The molecule has 1 unspecified atom stereocenters. The number of ether oxygens (including phenoxy) is 1. The van der Waals surface area contributed by atoms with Crippen molar-refractivity contribution in [3.63, 3.8) is 0 Å². The molecule has 2 aliphatic rings. The lowest BCUT2D eigenvalue weighted by Gasteiger charge is -2.24. The van der Waals surface area contributed by atoms with Gasteiger partial charge in [-0.15, -0.1) is 11.3 Å². The van der Waals surface area contributed by atoms with E-state index in [0.717, 1.165) is 17.7 Å². The Morgan fingerprint density at radius 1 is 1.23 bits per heavy atom. The highest BCUT2D eigenvalue weighted by Gasteiger charge is 2.34. The molecule has 3 amide bonds. The van der Waals surface area contributed by atoms with E-state index in [1.807, 2.05) is 17.5 Å². The van der Waals surface area contributed by atoms with Gasteiger partial charge in [-0.2, -0.15) is 0 Å². The zero-order valence-electron chi connectivity index (χ0n) is 16.9. The van der Waals surface area contributed by atoms with Crippen molar-refractivity contribution < 1.29 is 19.1 Å². The molecule has 0 bridgehead atoms. The minimum atomic E-state index is -0.469. The molecule has 0 aliphatic carbocycles. The molecule has 2 aliphatic heterocycles. The number of likely N-dealkylation sites (tertiary alicyclic amines) is 1. The van der Waals surface area contributed by atoms with Gasteiger partial charge < -0.3 is 19.9 Å². The SMILES string of the molecule is COc1cc(NC(=O)C2CCCN2C(=O)Cc2cccs2)ccc1N1CCCC1=O. The van der Waals surface area contributed by atoms with Crippen LogP contribution in [0, 0.1) is 0 Å². The van der Waals surface area contributed by atoms with E-state index >= 15 is 0 Å². The highest BCUT2D eigenvalue weighted by atomic mass is 32.1. The molecule has 2 aromatic rings. The van der Waals surface area contributed by atoms with Crippen LogP contribution in [-0.4, -0.2) is 48.9 Å². The molecule has 0 spiro atoms. The molecule has 1 N–H and O–H groups in total. The van der Waals surface area contributed by atoms with E-state index in [-0.39, 0.29) is 17.7 Å². The topological polar surface area (TPSA) is 79.0 Å². The number of hydrogen-bond donors (Lipinski definition) is 1. The number of nitrogens with zero attached hydrogens (tertiary/aromatic N) is 2. The fourth-order valence-corrected chi connectivity index (χ4v) is 4.80. The van der Waals surface area contributed by atoms with E-state index in [4.69, 9.17) is 4.74 Å². The lowest BCUT2D eigenvalue weighted by atomic mass is 10.1. The molecule has 1 aromatic carbocycles. The highest BCUT2D eigenvalue weighted by molar-refractivity contribution is 7.10. The molecule has 1 aromatic heterocycles. The highest BCUT2D eigenvalue weighted by Crippen LogP contribution is 2.34. The van der Waals surface area contributed by atoms with E-state index in [9.17, 15) is 14.4 Å². The summed E-state index contributed by atoms with van der Waals surface area (Å²) in [6.45, 7) is 1.27. The Kier molecular flexibility index (Phi) is 6.03. The van der Waals surface area contributed by atoms with Crippen molar-refractivity contribution in [2.45, 2.75) is 38.1 Å². The van der Waals surface area contributed by atoms with Crippen LogP contribution >= 0.6 is 11.3 Å². The number of carbonyl (C=O) groups is 3. The Morgan fingerprint density at radius 3 is 2.80 bits per heavy atom. The number of anilines is 2. The fraction of sp³-hybridized carbons (Fsp3) is 0.409. The summed E-state index contributed by atoms with van der Waals surface area (Å²) < 4.78 is 5.46. The zero-order valence-corrected chi connectivity index (χ0v) is 17.7. The lowest BCUT2D eigenvalue weighted by Crippen LogP contribution is -2.43. The van der Waals surface area contributed by atoms with Gasteiger partial charge in [-0.05, 0) is 42.8 Å². The molecule has 0 radical (unpaired) electrons. The molecule has 2 fully saturated rings. The van der Waals surface area contributed by atoms with Crippen molar-refractivity contribution in [1.29, 1.82) is 0 Å². The first-order chi connectivity index (χ1) is 14.6. The van der Waals surface area contributed by atoms with Gasteiger partial charge in [0, 0.05) is 36.1 Å². The maximum Gasteiger partial charge on any atom is 0.247 e. The van der Waals surface area contributed by atoms with Crippen LogP contribution in [0.1, 0.15) is 30.6 Å². The van der Waals surface area contributed by atoms with Crippen molar-refractivity contribution >= 4 is 40.4 Å². The zero-order chi connectivity index (χ0) is 21.1. The summed E-state index contributed by atoms with van der Waals surface area (Å²) in [5.41, 5.74) is 1.30. The Bertz CT molecular complexity index is 944. The number of amides is 3. The van der Waals surface area contributed by atoms with E-state index in [0.29, 0.717) is 49.5 Å². The largest absolute Gasteiger partial charge is 0.494 e. The maximum atomic E-state index is 12.9. The molecular formula is C22H25N3O4S. The van der Waals surface area contributed by atoms with Gasteiger partial charge in [-0.25, -0.2) is 0 Å². The van der Waals surface area contributed by atoms with E-state index in [1.165, 1.54) is 0 Å². The van der Waals surface area contributed by atoms with Crippen LogP contribution in [0.3, 0.4) is 0 Å². The molecule has 0 saturated carbocycles. The summed E-state index contributed by atoms with van der Waals surface area (Å²) in [6, 6.07) is 8.69. The third-order valence-corrected chi connectivity index (χ3v) is 6.47. The quantitative estimate of drug-likeness (QED) is 0.769. The van der Waals surface area contributed by atoms with Gasteiger partial charge in [-0.1, -0.05) is 6.07 Å². The monoisotopic (exact) mass is 427 g/mol. The first kappa shape index (κ1) is 20.4. The summed E-state index contributed by atoms with van der Waals surface area (Å²) in [7, 11) is 1.55. The molecule has 8 heteroatoms. The number of nitrogens with one attached hydrogen (secondary N) is 1. The minimum absolute atomic E-state index is 0.0180. The van der Waals surface area contributed by atoms with Crippen LogP contribution in [0.5, 0.6) is 5.75 Å². The van der Waals surface area contributed by atoms with Gasteiger partial charge in [0.05, 0.1) is 19.2 Å². The molecule has 7 nitrogen and oxygen atoms in total. The summed E-state index contributed by atoms with van der Waals surface area (Å²) in [6.07, 6.45) is 3.16. The van der Waals surface area contributed by atoms with Gasteiger partial charge in [0.1, 0.15) is 11.8 Å². The van der Waals surface area contributed by atoms with Crippen LogP contribution in [0.2, 0.25) is 0 Å². The number of carbonyl (C=O) groups excluding carboxylic acids is 3. The number of hydrogen-bond acceptors (Lipinski definition) is 5. The van der Waals surface area contributed by atoms with E-state index in [1.54, 1.807) is 46.4 Å². The third kappa shape index (κ3) is 4.18. The van der Waals surface area contributed by atoms with Gasteiger partial charge in [0.25, 0.3) is 0 Å². The summed E-state index contributed by atoms with van der Waals surface area (Å²) in [5.74, 6) is 0.408. The molecule has 4 rings (SSSR count). The number of methoxy groups -OCH3 is 1. The summed E-state index contributed by atoms with van der Waals surface area (Å²) in [4.78, 5) is 42.1. The Hall–Kier alpha value is -2.87. The molecule has 2 saturated heterocycles. The Balaban J connectivity index is 1.45. The molecule has 3 heterocycles.